The first kappa shape index (κ1) is 29.8. The molecule has 9 atom stereocenters. The van der Waals surface area contributed by atoms with Crippen molar-refractivity contribution < 1.29 is 23.9 Å². The predicted molar refractivity (Wildman–Crippen MR) is 155 cm³/mol. The number of fused-ring (bicyclic) bond motifs is 7. The molecule has 224 valence electrons. The maximum absolute atomic E-state index is 14.5. The molecule has 0 heterocycles. The molecule has 0 aromatic carbocycles. The highest BCUT2D eigenvalue weighted by molar-refractivity contribution is 5.95. The van der Waals surface area contributed by atoms with Gasteiger partial charge in [-0.05, 0) is 104 Å². The van der Waals surface area contributed by atoms with Gasteiger partial charge < -0.3 is 15.2 Å². The Hall–Kier alpha value is -1.69. The molecule has 0 aliphatic heterocycles. The molecule has 0 unspecified atom stereocenters. The number of carbonyl (C=O) groups is 3. The number of ether oxygens (including phenoxy) is 2. The number of allylic oxidation sites excluding steroid dienone is 2. The number of ketones is 1. The SMILES string of the molecule is COC(=O)[C@@]1(C)CC[C@]2(C)CC[C@]3(C)C(=CC(=O)[C@@H]4[C@@]5(C)CC[C@H](OC(=O)CCN)C(C)(C)[C@@H]5CC[C@]43C)[C@@H]2C1. The summed E-state index contributed by atoms with van der Waals surface area (Å²) in [5.74, 6) is 0.392. The van der Waals surface area contributed by atoms with Gasteiger partial charge in [-0.15, -0.1) is 0 Å². The van der Waals surface area contributed by atoms with Crippen molar-refractivity contribution in [1.82, 2.24) is 0 Å². The van der Waals surface area contributed by atoms with Gasteiger partial charge in [0, 0.05) is 17.9 Å². The monoisotopic (exact) mass is 555 g/mol. The fourth-order valence-corrected chi connectivity index (χ4v) is 11.1. The van der Waals surface area contributed by atoms with Gasteiger partial charge in [-0.3, -0.25) is 14.4 Å². The van der Waals surface area contributed by atoms with E-state index in [0.29, 0.717) is 6.54 Å². The van der Waals surface area contributed by atoms with E-state index in [2.05, 4.69) is 54.5 Å². The van der Waals surface area contributed by atoms with Crippen LogP contribution in [0.15, 0.2) is 11.6 Å². The molecule has 6 heteroatoms. The van der Waals surface area contributed by atoms with Gasteiger partial charge in [-0.25, -0.2) is 0 Å². The van der Waals surface area contributed by atoms with Crippen molar-refractivity contribution in [3.05, 3.63) is 11.6 Å². The van der Waals surface area contributed by atoms with Gasteiger partial charge in [0.05, 0.1) is 18.9 Å². The van der Waals surface area contributed by atoms with E-state index in [4.69, 9.17) is 15.2 Å². The first-order chi connectivity index (χ1) is 18.5. The van der Waals surface area contributed by atoms with Gasteiger partial charge in [-0.2, -0.15) is 0 Å². The van der Waals surface area contributed by atoms with E-state index >= 15 is 0 Å². The molecular weight excluding hydrogens is 502 g/mol. The maximum atomic E-state index is 14.5. The highest BCUT2D eigenvalue weighted by atomic mass is 16.5. The zero-order chi connectivity index (χ0) is 29.5. The lowest BCUT2D eigenvalue weighted by Gasteiger charge is -2.70. The molecule has 4 saturated carbocycles. The number of carbonyl (C=O) groups excluding carboxylic acids is 3. The number of hydrogen-bond acceptors (Lipinski definition) is 6. The second-order valence-electron chi connectivity index (χ2n) is 16.1. The maximum Gasteiger partial charge on any atom is 0.311 e. The molecule has 0 aromatic heterocycles. The van der Waals surface area contributed by atoms with Gasteiger partial charge >= 0.3 is 11.9 Å². The second kappa shape index (κ2) is 9.41. The lowest BCUT2D eigenvalue weighted by Crippen LogP contribution is -2.66. The summed E-state index contributed by atoms with van der Waals surface area (Å²) < 4.78 is 11.3. The van der Waals surface area contributed by atoms with Crippen LogP contribution in [0.25, 0.3) is 0 Å². The summed E-state index contributed by atoms with van der Waals surface area (Å²) in [7, 11) is 1.50. The molecule has 4 fully saturated rings. The first-order valence-electron chi connectivity index (χ1n) is 15.8. The summed E-state index contributed by atoms with van der Waals surface area (Å²) in [6.07, 6.45) is 10.6. The van der Waals surface area contributed by atoms with E-state index in [1.54, 1.807) is 0 Å². The van der Waals surface area contributed by atoms with Crippen molar-refractivity contribution in [2.75, 3.05) is 13.7 Å². The molecule has 0 radical (unpaired) electrons. The van der Waals surface area contributed by atoms with Crippen molar-refractivity contribution in [1.29, 1.82) is 0 Å². The molecule has 2 N–H and O–H groups in total. The topological polar surface area (TPSA) is 95.7 Å². The van der Waals surface area contributed by atoms with Crippen LogP contribution in [0.1, 0.15) is 113 Å². The van der Waals surface area contributed by atoms with E-state index in [1.807, 2.05) is 0 Å². The summed E-state index contributed by atoms with van der Waals surface area (Å²) in [6, 6.07) is 0. The molecule has 5 aliphatic carbocycles. The van der Waals surface area contributed by atoms with Crippen LogP contribution in [0.3, 0.4) is 0 Å². The Labute approximate surface area is 241 Å². The minimum atomic E-state index is -0.508. The molecule has 0 saturated heterocycles. The summed E-state index contributed by atoms with van der Waals surface area (Å²) >= 11 is 0. The molecule has 5 rings (SSSR count). The van der Waals surface area contributed by atoms with Crippen LogP contribution in [0.5, 0.6) is 0 Å². The fraction of sp³-hybridized carbons (Fsp3) is 0.853. The minimum Gasteiger partial charge on any atom is -0.469 e. The molecule has 5 aliphatic rings. The van der Waals surface area contributed by atoms with Crippen molar-refractivity contribution in [2.45, 2.75) is 119 Å². The third-order valence-electron chi connectivity index (χ3n) is 13.8. The lowest BCUT2D eigenvalue weighted by atomic mass is 9.33. The first-order valence-corrected chi connectivity index (χ1v) is 15.8. The summed E-state index contributed by atoms with van der Waals surface area (Å²) in [6.45, 7) is 16.5. The van der Waals surface area contributed by atoms with Crippen LogP contribution in [-0.4, -0.2) is 37.5 Å². The minimum absolute atomic E-state index is 0.0626. The molecule has 6 nitrogen and oxygen atoms in total. The van der Waals surface area contributed by atoms with E-state index in [-0.39, 0.29) is 75.1 Å². The molecule has 0 bridgehead atoms. The number of hydrogen-bond donors (Lipinski definition) is 1. The van der Waals surface area contributed by atoms with Crippen LogP contribution in [0, 0.1) is 50.2 Å². The van der Waals surface area contributed by atoms with Crippen molar-refractivity contribution >= 4 is 17.7 Å². The zero-order valence-electron chi connectivity index (χ0n) is 26.3. The molecule has 0 amide bonds. The summed E-state index contributed by atoms with van der Waals surface area (Å²) in [5.41, 5.74) is 5.90. The van der Waals surface area contributed by atoms with Gasteiger partial charge in [0.2, 0.25) is 0 Å². The van der Waals surface area contributed by atoms with Crippen molar-refractivity contribution in [3.63, 3.8) is 0 Å². The Balaban J connectivity index is 1.53. The summed E-state index contributed by atoms with van der Waals surface area (Å²) in [5, 5.41) is 0. The molecule has 40 heavy (non-hydrogen) atoms. The van der Waals surface area contributed by atoms with E-state index < -0.39 is 5.41 Å². The van der Waals surface area contributed by atoms with Gasteiger partial charge in [-0.1, -0.05) is 47.1 Å². The number of methoxy groups -OCH3 is 1. The van der Waals surface area contributed by atoms with Crippen LogP contribution >= 0.6 is 0 Å². The largest absolute Gasteiger partial charge is 0.469 e. The third-order valence-corrected chi connectivity index (χ3v) is 13.8. The summed E-state index contributed by atoms with van der Waals surface area (Å²) in [4.78, 5) is 39.8. The van der Waals surface area contributed by atoms with E-state index in [9.17, 15) is 14.4 Å². The Kier molecular flexibility index (Phi) is 7.01. The highest BCUT2D eigenvalue weighted by Gasteiger charge is 2.70. The standard InChI is InChI=1S/C34H53NO5/c1-29(2)24-9-13-34(7)27(32(24,5)12-10-25(29)40-26(37)11-18-35)23(36)19-21-22-20-31(4,28(38)39-8)15-14-30(22,3)16-17-33(21,34)6/h19,22,24-25,27H,9-18,20,35H2,1-8H3/t22-,24-,25-,27+,30+,31-,32-,33+,34+/m0/s1. The van der Waals surface area contributed by atoms with E-state index in [0.717, 1.165) is 57.8 Å². The Morgan fingerprint density at radius 2 is 1.62 bits per heavy atom. The number of rotatable bonds is 4. The molecular formula is C34H53NO5. The third kappa shape index (κ3) is 3.93. The second-order valence-corrected chi connectivity index (χ2v) is 16.1. The highest BCUT2D eigenvalue weighted by Crippen LogP contribution is 2.75. The number of nitrogens with two attached hydrogens (primary N) is 1. The molecule has 0 aromatic rings. The van der Waals surface area contributed by atoms with Crippen LogP contribution in [0.4, 0.5) is 0 Å². The average molecular weight is 556 g/mol. The van der Waals surface area contributed by atoms with Crippen molar-refractivity contribution in [3.8, 4) is 0 Å². The lowest BCUT2D eigenvalue weighted by molar-refractivity contribution is -0.211. The average Bonchev–Trinajstić information content (AvgIpc) is 2.87. The zero-order valence-corrected chi connectivity index (χ0v) is 26.3. The Morgan fingerprint density at radius 3 is 2.27 bits per heavy atom. The quantitative estimate of drug-likeness (QED) is 0.403. The normalized spacial score (nSPS) is 47.5. The van der Waals surface area contributed by atoms with Gasteiger partial charge in [0.25, 0.3) is 0 Å². The van der Waals surface area contributed by atoms with E-state index in [1.165, 1.54) is 12.7 Å². The Bertz CT molecular complexity index is 1130. The van der Waals surface area contributed by atoms with Gasteiger partial charge in [0.1, 0.15) is 6.10 Å². The fourth-order valence-electron chi connectivity index (χ4n) is 11.1. The van der Waals surface area contributed by atoms with Gasteiger partial charge in [0.15, 0.2) is 5.78 Å². The predicted octanol–water partition coefficient (Wildman–Crippen LogP) is 6.40. The Morgan fingerprint density at radius 1 is 0.950 bits per heavy atom. The molecule has 0 spiro atoms. The van der Waals surface area contributed by atoms with Crippen molar-refractivity contribution in [2.24, 2.45) is 56.0 Å². The smallest absolute Gasteiger partial charge is 0.311 e. The van der Waals surface area contributed by atoms with Crippen LogP contribution in [-0.2, 0) is 23.9 Å². The number of esters is 2. The van der Waals surface area contributed by atoms with Crippen LogP contribution in [0.2, 0.25) is 0 Å². The van der Waals surface area contributed by atoms with Crippen LogP contribution < -0.4 is 5.73 Å².